The molecule has 21 heavy (non-hydrogen) atoms. The molecular weight excluding hydrogens is 262 g/mol. The van der Waals surface area contributed by atoms with Crippen LogP contribution in [0, 0.1) is 12.0 Å². The van der Waals surface area contributed by atoms with Crippen molar-refractivity contribution in [1.82, 2.24) is 5.32 Å². The van der Waals surface area contributed by atoms with E-state index in [2.05, 4.69) is 17.3 Å². The standard InChI is InChI=1S/C18H11NO2/c20-17-12-16(18(21)15-9-5-4-8-14(15)17)19-11-10-13-6-2-1-3-7-13/h1-9,12,19H. The van der Waals surface area contributed by atoms with E-state index in [0.717, 1.165) is 5.56 Å². The summed E-state index contributed by atoms with van der Waals surface area (Å²) in [5, 5.41) is 2.72. The molecule has 0 aromatic heterocycles. The lowest BCUT2D eigenvalue weighted by Gasteiger charge is -2.13. The van der Waals surface area contributed by atoms with Crippen LogP contribution in [0.25, 0.3) is 0 Å². The van der Waals surface area contributed by atoms with E-state index in [0.29, 0.717) is 11.1 Å². The molecule has 2 aromatic rings. The van der Waals surface area contributed by atoms with E-state index in [1.54, 1.807) is 24.3 Å². The Morgan fingerprint density at radius 3 is 2.24 bits per heavy atom. The zero-order valence-electron chi connectivity index (χ0n) is 11.1. The fourth-order valence-corrected chi connectivity index (χ4v) is 2.10. The van der Waals surface area contributed by atoms with Crippen molar-refractivity contribution < 1.29 is 9.59 Å². The molecule has 0 amide bonds. The number of carbonyl (C=O) groups is 2. The Bertz CT molecular complexity index is 808. The molecule has 0 bridgehead atoms. The third-order valence-corrected chi connectivity index (χ3v) is 3.14. The van der Waals surface area contributed by atoms with Gasteiger partial charge in [-0.1, -0.05) is 42.5 Å². The number of allylic oxidation sites excluding steroid dienone is 2. The molecule has 0 unspecified atom stereocenters. The number of rotatable bonds is 1. The summed E-state index contributed by atoms with van der Waals surface area (Å²) in [6.07, 6.45) is 1.30. The molecule has 3 heteroatoms. The molecule has 2 aromatic carbocycles. The van der Waals surface area contributed by atoms with Gasteiger partial charge < -0.3 is 5.32 Å². The van der Waals surface area contributed by atoms with E-state index in [1.165, 1.54) is 6.08 Å². The highest BCUT2D eigenvalue weighted by atomic mass is 16.1. The average molecular weight is 273 g/mol. The Morgan fingerprint density at radius 2 is 1.48 bits per heavy atom. The van der Waals surface area contributed by atoms with Crippen molar-refractivity contribution in [3.05, 3.63) is 83.1 Å². The minimum atomic E-state index is -0.215. The van der Waals surface area contributed by atoms with Gasteiger partial charge in [-0.05, 0) is 18.1 Å². The van der Waals surface area contributed by atoms with Crippen molar-refractivity contribution in [2.24, 2.45) is 0 Å². The van der Waals surface area contributed by atoms with Crippen LogP contribution >= 0.6 is 0 Å². The number of Topliss-reactive ketones (excluding diaryl/α,β-unsaturated/α-hetero) is 1. The van der Waals surface area contributed by atoms with E-state index in [9.17, 15) is 9.59 Å². The maximum Gasteiger partial charge on any atom is 0.210 e. The first kappa shape index (κ1) is 12.9. The normalized spacial score (nSPS) is 12.9. The van der Waals surface area contributed by atoms with Crippen LogP contribution in [-0.2, 0) is 0 Å². The van der Waals surface area contributed by atoms with Gasteiger partial charge in [0.15, 0.2) is 5.78 Å². The fourth-order valence-electron chi connectivity index (χ4n) is 2.10. The van der Waals surface area contributed by atoms with Crippen LogP contribution < -0.4 is 5.32 Å². The molecule has 0 aliphatic heterocycles. The number of hydrogen-bond donors (Lipinski definition) is 1. The van der Waals surface area contributed by atoms with Gasteiger partial charge in [0, 0.05) is 28.8 Å². The first-order chi connectivity index (χ1) is 10.3. The molecule has 100 valence electrons. The van der Waals surface area contributed by atoms with E-state index >= 15 is 0 Å². The van der Waals surface area contributed by atoms with Gasteiger partial charge in [0.25, 0.3) is 0 Å². The van der Waals surface area contributed by atoms with Crippen molar-refractivity contribution in [2.75, 3.05) is 0 Å². The van der Waals surface area contributed by atoms with Crippen LogP contribution in [-0.4, -0.2) is 11.6 Å². The highest BCUT2D eigenvalue weighted by Crippen LogP contribution is 2.19. The minimum absolute atomic E-state index is 0.186. The zero-order chi connectivity index (χ0) is 14.7. The molecular formula is C18H11NO2. The number of carbonyl (C=O) groups excluding carboxylic acids is 2. The predicted octanol–water partition coefficient (Wildman–Crippen LogP) is 2.55. The Labute approximate surface area is 122 Å². The van der Waals surface area contributed by atoms with Crippen LogP contribution in [0.1, 0.15) is 26.3 Å². The molecule has 0 saturated heterocycles. The molecule has 0 radical (unpaired) electrons. The van der Waals surface area contributed by atoms with Crippen LogP contribution in [0.3, 0.4) is 0 Å². The summed E-state index contributed by atoms with van der Waals surface area (Å²) in [6.45, 7) is 0. The van der Waals surface area contributed by atoms with Crippen molar-refractivity contribution in [3.63, 3.8) is 0 Å². The molecule has 0 saturated carbocycles. The van der Waals surface area contributed by atoms with Crippen LogP contribution in [0.5, 0.6) is 0 Å². The third-order valence-electron chi connectivity index (χ3n) is 3.14. The zero-order valence-corrected chi connectivity index (χ0v) is 11.1. The second kappa shape index (κ2) is 5.48. The second-order valence-corrected chi connectivity index (χ2v) is 4.54. The van der Waals surface area contributed by atoms with Crippen molar-refractivity contribution >= 4 is 11.6 Å². The van der Waals surface area contributed by atoms with Crippen LogP contribution in [0.15, 0.2) is 66.4 Å². The quantitative estimate of drug-likeness (QED) is 0.641. The molecule has 0 fully saturated rings. The SMILES string of the molecule is O=C1C=C(NC#Cc2ccccc2)C(=O)c2ccccc21. The lowest BCUT2D eigenvalue weighted by atomic mass is 9.93. The van der Waals surface area contributed by atoms with Gasteiger partial charge in [-0.2, -0.15) is 0 Å². The van der Waals surface area contributed by atoms with Crippen molar-refractivity contribution in [1.29, 1.82) is 0 Å². The maximum atomic E-state index is 12.3. The van der Waals surface area contributed by atoms with Crippen molar-refractivity contribution in [2.45, 2.75) is 0 Å². The highest BCUT2D eigenvalue weighted by molar-refractivity contribution is 6.24. The van der Waals surface area contributed by atoms with E-state index in [-0.39, 0.29) is 17.3 Å². The Balaban J connectivity index is 1.84. The van der Waals surface area contributed by atoms with Gasteiger partial charge in [0.05, 0.1) is 5.70 Å². The minimum Gasteiger partial charge on any atom is -0.311 e. The van der Waals surface area contributed by atoms with E-state index in [1.807, 2.05) is 30.3 Å². The van der Waals surface area contributed by atoms with Gasteiger partial charge in [-0.25, -0.2) is 0 Å². The monoisotopic (exact) mass is 273 g/mol. The fraction of sp³-hybridized carbons (Fsp3) is 0. The predicted molar refractivity (Wildman–Crippen MR) is 79.6 cm³/mol. The average Bonchev–Trinajstić information content (AvgIpc) is 2.53. The summed E-state index contributed by atoms with van der Waals surface area (Å²) in [7, 11) is 0. The third kappa shape index (κ3) is 2.60. The number of ketones is 2. The Kier molecular flexibility index (Phi) is 3.36. The molecule has 3 nitrogen and oxygen atoms in total. The highest BCUT2D eigenvalue weighted by Gasteiger charge is 2.24. The molecule has 0 atom stereocenters. The molecule has 0 heterocycles. The number of hydrogen-bond acceptors (Lipinski definition) is 3. The molecule has 3 rings (SSSR count). The first-order valence-electron chi connectivity index (χ1n) is 6.47. The van der Waals surface area contributed by atoms with Gasteiger partial charge in [0.2, 0.25) is 5.78 Å². The Morgan fingerprint density at radius 1 is 0.810 bits per heavy atom. The van der Waals surface area contributed by atoms with Gasteiger partial charge in [-0.15, -0.1) is 0 Å². The van der Waals surface area contributed by atoms with Gasteiger partial charge in [0.1, 0.15) is 0 Å². The lowest BCUT2D eigenvalue weighted by Crippen LogP contribution is -2.24. The summed E-state index contributed by atoms with van der Waals surface area (Å²) in [4.78, 5) is 24.2. The topological polar surface area (TPSA) is 46.2 Å². The summed E-state index contributed by atoms with van der Waals surface area (Å²) in [5.74, 6) is 2.48. The molecule has 0 spiro atoms. The first-order valence-corrected chi connectivity index (χ1v) is 6.47. The maximum absolute atomic E-state index is 12.3. The number of benzene rings is 2. The van der Waals surface area contributed by atoms with Crippen molar-refractivity contribution in [3.8, 4) is 12.0 Å². The number of nitrogens with one attached hydrogen (secondary N) is 1. The largest absolute Gasteiger partial charge is 0.311 e. The van der Waals surface area contributed by atoms with E-state index in [4.69, 9.17) is 0 Å². The Hall–Kier alpha value is -3.12. The molecule has 1 N–H and O–H groups in total. The number of fused-ring (bicyclic) bond motifs is 1. The van der Waals surface area contributed by atoms with Crippen LogP contribution in [0.4, 0.5) is 0 Å². The second-order valence-electron chi connectivity index (χ2n) is 4.54. The van der Waals surface area contributed by atoms with Gasteiger partial charge >= 0.3 is 0 Å². The summed E-state index contributed by atoms with van der Waals surface area (Å²) < 4.78 is 0. The van der Waals surface area contributed by atoms with Crippen LogP contribution in [0.2, 0.25) is 0 Å². The van der Waals surface area contributed by atoms with Gasteiger partial charge in [-0.3, -0.25) is 9.59 Å². The molecule has 1 aliphatic rings. The lowest BCUT2D eigenvalue weighted by molar-refractivity contribution is 0.0980. The molecule has 1 aliphatic carbocycles. The summed E-state index contributed by atoms with van der Waals surface area (Å²) in [6, 6.07) is 18.9. The van der Waals surface area contributed by atoms with E-state index < -0.39 is 0 Å². The smallest absolute Gasteiger partial charge is 0.210 e. The summed E-state index contributed by atoms with van der Waals surface area (Å²) >= 11 is 0. The summed E-state index contributed by atoms with van der Waals surface area (Å²) in [5.41, 5.74) is 1.89.